The number of thiophene rings is 1. The summed E-state index contributed by atoms with van der Waals surface area (Å²) >= 11 is 9.68. The third-order valence-electron chi connectivity index (χ3n) is 3.02. The molecule has 106 valence electrons. The van der Waals surface area contributed by atoms with Crippen molar-refractivity contribution in [3.8, 4) is 0 Å². The number of carbonyl (C=O) groups excluding carboxylic acids is 1. The predicted octanol–water partition coefficient (Wildman–Crippen LogP) is 4.99. The van der Waals surface area contributed by atoms with Crippen molar-refractivity contribution < 1.29 is 4.79 Å². The summed E-state index contributed by atoms with van der Waals surface area (Å²) in [6.45, 7) is 0. The van der Waals surface area contributed by atoms with Gasteiger partial charge in [0.25, 0.3) is 5.91 Å². The second kappa shape index (κ2) is 5.82. The molecule has 0 fully saturated rings. The molecule has 3 rings (SSSR count). The maximum absolute atomic E-state index is 12.4. The Bertz CT molecular complexity index is 847. The number of carbonyl (C=O) groups is 1. The molecule has 2 aromatic carbocycles. The van der Waals surface area contributed by atoms with Gasteiger partial charge in [-0.05, 0) is 46.9 Å². The van der Waals surface area contributed by atoms with E-state index in [9.17, 15) is 4.79 Å². The summed E-state index contributed by atoms with van der Waals surface area (Å²) in [5, 5.41) is 4.22. The first kappa shape index (κ1) is 14.6. The highest BCUT2D eigenvalue weighted by atomic mass is 127. The largest absolute Gasteiger partial charge is 0.397 e. The molecule has 3 N–H and O–H groups in total. The third-order valence-corrected chi connectivity index (χ3v) is 5.19. The molecule has 0 aliphatic carbocycles. The quantitative estimate of drug-likeness (QED) is 0.565. The Balaban J connectivity index is 1.95. The number of rotatable bonds is 2. The van der Waals surface area contributed by atoms with Crippen molar-refractivity contribution in [3.63, 3.8) is 0 Å². The van der Waals surface area contributed by atoms with Gasteiger partial charge in [0.1, 0.15) is 4.88 Å². The molecule has 0 radical (unpaired) electrons. The Morgan fingerprint density at radius 1 is 1.24 bits per heavy atom. The van der Waals surface area contributed by atoms with Crippen molar-refractivity contribution >= 4 is 72.9 Å². The lowest BCUT2D eigenvalue weighted by molar-refractivity contribution is 0.103. The molecule has 3 aromatic rings. The van der Waals surface area contributed by atoms with Gasteiger partial charge in [0.05, 0.1) is 16.4 Å². The summed E-state index contributed by atoms with van der Waals surface area (Å²) < 4.78 is 2.01. The second-order valence-corrected chi connectivity index (χ2v) is 7.12. The topological polar surface area (TPSA) is 55.1 Å². The van der Waals surface area contributed by atoms with Crippen molar-refractivity contribution in [2.24, 2.45) is 0 Å². The number of nitrogens with two attached hydrogens (primary N) is 1. The predicted molar refractivity (Wildman–Crippen MR) is 98.4 cm³/mol. The number of amides is 1. The molecule has 0 aliphatic heterocycles. The van der Waals surface area contributed by atoms with Crippen molar-refractivity contribution in [2.45, 2.75) is 0 Å². The van der Waals surface area contributed by atoms with Crippen LogP contribution in [-0.4, -0.2) is 5.91 Å². The Labute approximate surface area is 144 Å². The van der Waals surface area contributed by atoms with E-state index in [1.165, 1.54) is 11.3 Å². The summed E-state index contributed by atoms with van der Waals surface area (Å²) in [6.07, 6.45) is 0. The highest BCUT2D eigenvalue weighted by Crippen LogP contribution is 2.34. The van der Waals surface area contributed by atoms with E-state index in [0.29, 0.717) is 21.3 Å². The molecule has 0 saturated carbocycles. The van der Waals surface area contributed by atoms with Gasteiger partial charge in [0, 0.05) is 13.7 Å². The zero-order chi connectivity index (χ0) is 15.0. The summed E-state index contributed by atoms with van der Waals surface area (Å²) in [5.41, 5.74) is 7.16. The highest BCUT2D eigenvalue weighted by molar-refractivity contribution is 14.1. The van der Waals surface area contributed by atoms with Crippen LogP contribution in [0.5, 0.6) is 0 Å². The lowest BCUT2D eigenvalue weighted by Gasteiger charge is -2.07. The molecular formula is C15H10ClIN2OS. The maximum Gasteiger partial charge on any atom is 0.267 e. The molecule has 0 unspecified atom stereocenters. The van der Waals surface area contributed by atoms with Gasteiger partial charge in [-0.15, -0.1) is 11.3 Å². The van der Waals surface area contributed by atoms with E-state index in [1.807, 2.05) is 30.3 Å². The van der Waals surface area contributed by atoms with Crippen LogP contribution in [-0.2, 0) is 0 Å². The molecule has 1 heterocycles. The van der Waals surface area contributed by atoms with Crippen LogP contribution in [0.1, 0.15) is 9.67 Å². The van der Waals surface area contributed by atoms with Gasteiger partial charge in [-0.3, -0.25) is 4.79 Å². The van der Waals surface area contributed by atoms with Gasteiger partial charge in [0.2, 0.25) is 0 Å². The fraction of sp³-hybridized carbons (Fsp3) is 0. The van der Waals surface area contributed by atoms with Gasteiger partial charge in [-0.25, -0.2) is 0 Å². The van der Waals surface area contributed by atoms with Crippen LogP contribution in [0.2, 0.25) is 5.02 Å². The maximum atomic E-state index is 12.4. The van der Waals surface area contributed by atoms with E-state index in [0.717, 1.165) is 13.7 Å². The number of halogens is 2. The average Bonchev–Trinajstić information content (AvgIpc) is 2.80. The first-order valence-corrected chi connectivity index (χ1v) is 8.37. The standard InChI is InChI=1S/C15H10ClIN2OS/c16-10-7-8(17)5-6-11(10)19-15(20)14-13(18)9-3-1-2-4-12(9)21-14/h1-7H,18H2,(H,19,20). The molecule has 0 atom stereocenters. The Morgan fingerprint density at radius 3 is 2.71 bits per heavy atom. The van der Waals surface area contributed by atoms with Crippen molar-refractivity contribution in [1.29, 1.82) is 0 Å². The van der Waals surface area contributed by atoms with E-state index in [2.05, 4.69) is 27.9 Å². The summed E-state index contributed by atoms with van der Waals surface area (Å²) in [5.74, 6) is -0.239. The van der Waals surface area contributed by atoms with E-state index in [-0.39, 0.29) is 5.91 Å². The third kappa shape index (κ3) is 2.86. The Kier molecular flexibility index (Phi) is 4.05. The lowest BCUT2D eigenvalue weighted by Crippen LogP contribution is -2.12. The first-order chi connectivity index (χ1) is 10.1. The van der Waals surface area contributed by atoms with Crippen molar-refractivity contribution in [2.75, 3.05) is 11.1 Å². The number of hydrogen-bond donors (Lipinski definition) is 2. The van der Waals surface area contributed by atoms with E-state index in [4.69, 9.17) is 17.3 Å². The van der Waals surface area contributed by atoms with Crippen LogP contribution in [0.3, 0.4) is 0 Å². The fourth-order valence-electron chi connectivity index (χ4n) is 2.00. The monoisotopic (exact) mass is 428 g/mol. The molecule has 6 heteroatoms. The summed E-state index contributed by atoms with van der Waals surface area (Å²) in [6, 6.07) is 13.2. The minimum Gasteiger partial charge on any atom is -0.397 e. The van der Waals surface area contributed by atoms with Crippen LogP contribution < -0.4 is 11.1 Å². The molecule has 0 bridgehead atoms. The second-order valence-electron chi connectivity index (χ2n) is 4.42. The van der Waals surface area contributed by atoms with Gasteiger partial charge in [-0.2, -0.15) is 0 Å². The Morgan fingerprint density at radius 2 is 2.00 bits per heavy atom. The number of benzene rings is 2. The summed E-state index contributed by atoms with van der Waals surface area (Å²) in [4.78, 5) is 12.9. The van der Waals surface area contributed by atoms with Gasteiger partial charge in [0.15, 0.2) is 0 Å². The number of anilines is 2. The molecule has 3 nitrogen and oxygen atoms in total. The normalized spacial score (nSPS) is 10.8. The summed E-state index contributed by atoms with van der Waals surface area (Å²) in [7, 11) is 0. The molecule has 0 spiro atoms. The zero-order valence-electron chi connectivity index (χ0n) is 10.7. The molecular weight excluding hydrogens is 419 g/mol. The number of fused-ring (bicyclic) bond motifs is 1. The van der Waals surface area contributed by atoms with Crippen molar-refractivity contribution in [1.82, 2.24) is 0 Å². The Hall–Kier alpha value is -1.31. The highest BCUT2D eigenvalue weighted by Gasteiger charge is 2.17. The van der Waals surface area contributed by atoms with Gasteiger partial charge >= 0.3 is 0 Å². The SMILES string of the molecule is Nc1c(C(=O)Nc2ccc(I)cc2Cl)sc2ccccc12. The first-order valence-electron chi connectivity index (χ1n) is 6.09. The smallest absolute Gasteiger partial charge is 0.267 e. The van der Waals surface area contributed by atoms with Crippen LogP contribution in [0, 0.1) is 3.57 Å². The van der Waals surface area contributed by atoms with Crippen LogP contribution >= 0.6 is 45.5 Å². The minimum atomic E-state index is -0.239. The fourth-order valence-corrected chi connectivity index (χ4v) is 3.93. The van der Waals surface area contributed by atoms with E-state index < -0.39 is 0 Å². The minimum absolute atomic E-state index is 0.239. The van der Waals surface area contributed by atoms with E-state index in [1.54, 1.807) is 12.1 Å². The number of nitrogen functional groups attached to an aromatic ring is 1. The average molecular weight is 429 g/mol. The number of hydrogen-bond acceptors (Lipinski definition) is 3. The van der Waals surface area contributed by atoms with Crippen LogP contribution in [0.15, 0.2) is 42.5 Å². The lowest BCUT2D eigenvalue weighted by atomic mass is 10.2. The van der Waals surface area contributed by atoms with Gasteiger partial charge < -0.3 is 11.1 Å². The van der Waals surface area contributed by atoms with Crippen molar-refractivity contribution in [3.05, 3.63) is 55.9 Å². The molecule has 0 aliphatic rings. The van der Waals surface area contributed by atoms with E-state index >= 15 is 0 Å². The zero-order valence-corrected chi connectivity index (χ0v) is 14.4. The van der Waals surface area contributed by atoms with Crippen LogP contribution in [0.25, 0.3) is 10.1 Å². The van der Waals surface area contributed by atoms with Crippen LogP contribution in [0.4, 0.5) is 11.4 Å². The molecule has 1 amide bonds. The number of nitrogens with one attached hydrogen (secondary N) is 1. The molecule has 0 saturated heterocycles. The molecule has 21 heavy (non-hydrogen) atoms. The molecule has 1 aromatic heterocycles. The van der Waals surface area contributed by atoms with Gasteiger partial charge in [-0.1, -0.05) is 29.8 Å².